The van der Waals surface area contributed by atoms with Crippen molar-refractivity contribution >= 4 is 40.6 Å². The molecule has 2 aromatic rings. The van der Waals surface area contributed by atoms with Gasteiger partial charge in [-0.3, -0.25) is 4.79 Å². The number of aliphatic imine (C=N–C) groups is 1. The van der Waals surface area contributed by atoms with Gasteiger partial charge in [-0.15, -0.1) is 0 Å². The van der Waals surface area contributed by atoms with E-state index in [-0.39, 0.29) is 10.9 Å². The highest BCUT2D eigenvalue weighted by Crippen LogP contribution is 2.33. The van der Waals surface area contributed by atoms with Crippen LogP contribution in [0, 0.1) is 0 Å². The highest BCUT2D eigenvalue weighted by Gasteiger charge is 2.30. The zero-order chi connectivity index (χ0) is 21.0. The molecule has 0 aromatic heterocycles. The number of ether oxygens (including phenoxy) is 1. The molecule has 0 bridgehead atoms. The maximum Gasteiger partial charge on any atom is 0.416 e. The van der Waals surface area contributed by atoms with Gasteiger partial charge in [0.2, 0.25) is 0 Å². The second-order valence-electron chi connectivity index (χ2n) is 5.78. The first-order chi connectivity index (χ1) is 13.7. The van der Waals surface area contributed by atoms with Crippen molar-refractivity contribution < 1.29 is 32.6 Å². The van der Waals surface area contributed by atoms with E-state index in [0.717, 1.165) is 23.9 Å². The monoisotopic (exact) mass is 422 g/mol. The molecule has 1 saturated heterocycles. The van der Waals surface area contributed by atoms with Gasteiger partial charge >= 0.3 is 12.1 Å². The number of nitrogens with one attached hydrogen (secondary N) is 1. The molecule has 0 unspecified atom stereocenters. The number of carboxylic acids is 1. The molecule has 1 aliphatic rings. The highest BCUT2D eigenvalue weighted by molar-refractivity contribution is 8.18. The van der Waals surface area contributed by atoms with Crippen LogP contribution in [0.4, 0.5) is 18.9 Å². The number of rotatable bonds is 5. The molecule has 0 aliphatic carbocycles. The van der Waals surface area contributed by atoms with Crippen molar-refractivity contribution in [3.05, 3.63) is 64.6 Å². The Morgan fingerprint density at radius 2 is 1.93 bits per heavy atom. The van der Waals surface area contributed by atoms with Crippen LogP contribution in [0.2, 0.25) is 0 Å². The third-order valence-electron chi connectivity index (χ3n) is 3.60. The number of amides is 1. The number of halogens is 3. The smallest absolute Gasteiger partial charge is 0.416 e. The molecule has 1 heterocycles. The lowest BCUT2D eigenvalue weighted by atomic mass is 10.2. The van der Waals surface area contributed by atoms with Gasteiger partial charge in [0.1, 0.15) is 5.75 Å². The Kier molecular flexibility index (Phi) is 5.92. The summed E-state index contributed by atoms with van der Waals surface area (Å²) >= 11 is 1.00. The number of nitrogens with zero attached hydrogens (tertiary/aromatic N) is 1. The zero-order valence-corrected chi connectivity index (χ0v) is 15.4. The van der Waals surface area contributed by atoms with E-state index in [1.165, 1.54) is 12.1 Å². The average Bonchev–Trinajstić information content (AvgIpc) is 2.99. The number of benzene rings is 2. The minimum absolute atomic E-state index is 0.0730. The highest BCUT2D eigenvalue weighted by atomic mass is 32.2. The summed E-state index contributed by atoms with van der Waals surface area (Å²) in [5, 5.41) is 11.3. The van der Waals surface area contributed by atoms with E-state index in [1.807, 2.05) is 0 Å². The Bertz CT molecular complexity index is 1000. The van der Waals surface area contributed by atoms with Crippen LogP contribution < -0.4 is 10.1 Å². The SMILES string of the molecule is O=C(O)COc1ccc(/C=C2\SC(=Nc3cccc(C(F)(F)F)c3)NC2=O)cc1. The largest absolute Gasteiger partial charge is 0.482 e. The number of thioether (sulfide) groups is 1. The summed E-state index contributed by atoms with van der Waals surface area (Å²) in [6.07, 6.45) is -2.90. The molecule has 1 fully saturated rings. The second-order valence-corrected chi connectivity index (χ2v) is 6.81. The van der Waals surface area contributed by atoms with Crippen LogP contribution in [0.25, 0.3) is 6.08 Å². The fraction of sp³-hybridized carbons (Fsp3) is 0.105. The summed E-state index contributed by atoms with van der Waals surface area (Å²) in [7, 11) is 0. The van der Waals surface area contributed by atoms with Crippen LogP contribution >= 0.6 is 11.8 Å². The number of aliphatic carboxylic acids is 1. The topological polar surface area (TPSA) is 88.0 Å². The summed E-state index contributed by atoms with van der Waals surface area (Å²) in [6, 6.07) is 10.9. The van der Waals surface area contributed by atoms with Crippen molar-refractivity contribution in [1.82, 2.24) is 5.32 Å². The molecule has 29 heavy (non-hydrogen) atoms. The first-order valence-corrected chi connectivity index (χ1v) is 8.94. The van der Waals surface area contributed by atoms with E-state index < -0.39 is 30.2 Å². The number of carbonyl (C=O) groups is 2. The lowest BCUT2D eigenvalue weighted by Gasteiger charge is -2.06. The van der Waals surface area contributed by atoms with E-state index in [2.05, 4.69) is 10.3 Å². The van der Waals surface area contributed by atoms with Gasteiger partial charge in [0.05, 0.1) is 16.2 Å². The Morgan fingerprint density at radius 1 is 1.21 bits per heavy atom. The standard InChI is InChI=1S/C19H13F3N2O4S/c20-19(21,22)12-2-1-3-13(9-12)23-18-24-17(27)15(29-18)8-11-4-6-14(7-5-11)28-10-16(25)26/h1-9H,10H2,(H,25,26)(H,23,24,27)/b15-8-. The molecule has 1 aliphatic heterocycles. The van der Waals surface area contributed by atoms with Crippen LogP contribution in [-0.2, 0) is 15.8 Å². The minimum atomic E-state index is -4.48. The second kappa shape index (κ2) is 8.39. The molecule has 0 spiro atoms. The number of hydrogen-bond donors (Lipinski definition) is 2. The van der Waals surface area contributed by atoms with Crippen LogP contribution in [0.1, 0.15) is 11.1 Å². The molecular weight excluding hydrogens is 409 g/mol. The van der Waals surface area contributed by atoms with Crippen molar-refractivity contribution in [2.45, 2.75) is 6.18 Å². The number of carboxylic acid groups (broad SMARTS) is 1. The molecular formula is C19H13F3N2O4S. The quantitative estimate of drug-likeness (QED) is 0.710. The molecule has 0 atom stereocenters. The van der Waals surface area contributed by atoms with Crippen molar-refractivity contribution in [1.29, 1.82) is 0 Å². The van der Waals surface area contributed by atoms with Crippen molar-refractivity contribution in [3.8, 4) is 5.75 Å². The summed E-state index contributed by atoms with van der Waals surface area (Å²) in [5.74, 6) is -1.15. The average molecular weight is 422 g/mol. The molecule has 2 N–H and O–H groups in total. The van der Waals surface area contributed by atoms with E-state index >= 15 is 0 Å². The zero-order valence-electron chi connectivity index (χ0n) is 14.6. The molecule has 150 valence electrons. The fourth-order valence-electron chi connectivity index (χ4n) is 2.31. The molecule has 0 saturated carbocycles. The van der Waals surface area contributed by atoms with Gasteiger partial charge in [-0.05, 0) is 53.7 Å². The van der Waals surface area contributed by atoms with Gasteiger partial charge in [-0.25, -0.2) is 9.79 Å². The van der Waals surface area contributed by atoms with Crippen molar-refractivity contribution in [2.24, 2.45) is 4.99 Å². The third-order valence-corrected chi connectivity index (χ3v) is 4.51. The summed E-state index contributed by atoms with van der Waals surface area (Å²) in [6.45, 7) is -0.464. The van der Waals surface area contributed by atoms with E-state index in [9.17, 15) is 22.8 Å². The van der Waals surface area contributed by atoms with Gasteiger partial charge in [-0.2, -0.15) is 13.2 Å². The van der Waals surface area contributed by atoms with Crippen molar-refractivity contribution in [3.63, 3.8) is 0 Å². The molecule has 2 aromatic carbocycles. The van der Waals surface area contributed by atoms with Crippen LogP contribution in [0.5, 0.6) is 5.75 Å². The first kappa shape index (κ1) is 20.5. The predicted octanol–water partition coefficient (Wildman–Crippen LogP) is 4.06. The van der Waals surface area contributed by atoms with Gasteiger partial charge in [0.25, 0.3) is 5.91 Å². The lowest BCUT2D eigenvalue weighted by molar-refractivity contribution is -0.139. The number of hydrogen-bond acceptors (Lipinski definition) is 5. The Hall–Kier alpha value is -3.27. The number of carbonyl (C=O) groups excluding carboxylic acids is 1. The van der Waals surface area contributed by atoms with Crippen LogP contribution in [0.15, 0.2) is 58.4 Å². The summed E-state index contributed by atoms with van der Waals surface area (Å²) in [5.41, 5.74) is -0.0934. The molecule has 1 amide bonds. The Balaban J connectivity index is 1.73. The number of amidine groups is 1. The van der Waals surface area contributed by atoms with Crippen LogP contribution in [0.3, 0.4) is 0 Å². The van der Waals surface area contributed by atoms with E-state index in [1.54, 1.807) is 30.3 Å². The van der Waals surface area contributed by atoms with E-state index in [4.69, 9.17) is 9.84 Å². The molecule has 10 heteroatoms. The Morgan fingerprint density at radius 3 is 2.59 bits per heavy atom. The summed E-state index contributed by atoms with van der Waals surface area (Å²) in [4.78, 5) is 27.0. The fourth-order valence-corrected chi connectivity index (χ4v) is 3.15. The minimum Gasteiger partial charge on any atom is -0.482 e. The third kappa shape index (κ3) is 5.61. The van der Waals surface area contributed by atoms with Crippen LogP contribution in [-0.4, -0.2) is 28.8 Å². The molecule has 3 rings (SSSR count). The lowest BCUT2D eigenvalue weighted by Crippen LogP contribution is -2.19. The predicted molar refractivity (Wildman–Crippen MR) is 102 cm³/mol. The van der Waals surface area contributed by atoms with Crippen molar-refractivity contribution in [2.75, 3.05) is 6.61 Å². The van der Waals surface area contributed by atoms with Gasteiger partial charge in [0.15, 0.2) is 11.8 Å². The first-order valence-electron chi connectivity index (χ1n) is 8.12. The van der Waals surface area contributed by atoms with E-state index in [0.29, 0.717) is 16.2 Å². The maximum atomic E-state index is 12.8. The maximum absolute atomic E-state index is 12.8. The van der Waals surface area contributed by atoms with Gasteiger partial charge in [0, 0.05) is 0 Å². The summed E-state index contributed by atoms with van der Waals surface area (Å²) < 4.78 is 43.4. The Labute approximate surface area is 167 Å². The molecule has 6 nitrogen and oxygen atoms in total. The van der Waals surface area contributed by atoms with Gasteiger partial charge in [-0.1, -0.05) is 18.2 Å². The molecule has 0 radical (unpaired) electrons. The normalized spacial score (nSPS) is 16.9. The van der Waals surface area contributed by atoms with Gasteiger partial charge < -0.3 is 15.2 Å². The number of alkyl halides is 3.